The quantitative estimate of drug-likeness (QED) is 0.647. The summed E-state index contributed by atoms with van der Waals surface area (Å²) in [5.74, 6) is 0. The first-order chi connectivity index (χ1) is 6.22. The van der Waals surface area contributed by atoms with Crippen molar-refractivity contribution in [3.63, 3.8) is 0 Å². The Balaban J connectivity index is 2.62. The van der Waals surface area contributed by atoms with E-state index >= 15 is 0 Å². The van der Waals surface area contributed by atoms with E-state index in [1.54, 1.807) is 4.90 Å². The van der Waals surface area contributed by atoms with E-state index in [1.807, 2.05) is 27.7 Å². The van der Waals surface area contributed by atoms with Crippen molar-refractivity contribution in [2.75, 3.05) is 6.54 Å². The molecular formula is C10H20N2O2. The summed E-state index contributed by atoms with van der Waals surface area (Å²) in [5, 5.41) is 0. The molecule has 1 heterocycles. The van der Waals surface area contributed by atoms with Gasteiger partial charge in [0.2, 0.25) is 0 Å². The number of nitrogens with zero attached hydrogens (tertiary/aromatic N) is 1. The second-order valence-electron chi connectivity index (χ2n) is 5.09. The normalized spacial score (nSPS) is 27.9. The molecule has 0 spiro atoms. The van der Waals surface area contributed by atoms with Crippen LogP contribution in [0.3, 0.4) is 0 Å². The minimum absolute atomic E-state index is 0.306. The Morgan fingerprint density at radius 1 is 1.50 bits per heavy atom. The van der Waals surface area contributed by atoms with Gasteiger partial charge in [-0.05, 0) is 40.5 Å². The van der Waals surface area contributed by atoms with Crippen molar-refractivity contribution in [1.82, 2.24) is 4.90 Å². The molecule has 0 aromatic heterocycles. The van der Waals surface area contributed by atoms with Crippen LogP contribution in [0.1, 0.15) is 40.5 Å². The van der Waals surface area contributed by atoms with Crippen LogP contribution >= 0.6 is 0 Å². The molecule has 4 heteroatoms. The molecule has 1 fully saturated rings. The van der Waals surface area contributed by atoms with Gasteiger partial charge in [-0.25, -0.2) is 4.79 Å². The molecule has 14 heavy (non-hydrogen) atoms. The summed E-state index contributed by atoms with van der Waals surface area (Å²) in [7, 11) is 0. The van der Waals surface area contributed by atoms with Crippen molar-refractivity contribution in [2.24, 2.45) is 5.73 Å². The van der Waals surface area contributed by atoms with Gasteiger partial charge in [0, 0.05) is 6.54 Å². The van der Waals surface area contributed by atoms with E-state index < -0.39 is 11.3 Å². The maximum absolute atomic E-state index is 11.7. The number of rotatable bonds is 0. The molecule has 0 aromatic rings. The first-order valence-corrected chi connectivity index (χ1v) is 5.02. The second-order valence-corrected chi connectivity index (χ2v) is 5.09. The van der Waals surface area contributed by atoms with Crippen molar-refractivity contribution in [2.45, 2.75) is 51.8 Å². The van der Waals surface area contributed by atoms with Crippen LogP contribution in [0.15, 0.2) is 0 Å². The Kier molecular flexibility index (Phi) is 2.76. The van der Waals surface area contributed by atoms with Crippen LogP contribution < -0.4 is 5.73 Å². The zero-order valence-corrected chi connectivity index (χ0v) is 9.46. The maximum atomic E-state index is 11.7. The number of carbonyl (C=O) groups excluding carboxylic acids is 1. The predicted octanol–water partition coefficient (Wildman–Crippen LogP) is 1.69. The fraction of sp³-hybridized carbons (Fsp3) is 0.900. The lowest BCUT2D eigenvalue weighted by atomic mass is 10.1. The summed E-state index contributed by atoms with van der Waals surface area (Å²) in [6, 6.07) is 0. The highest BCUT2D eigenvalue weighted by atomic mass is 16.6. The third kappa shape index (κ3) is 2.61. The second kappa shape index (κ2) is 3.42. The Morgan fingerprint density at radius 2 is 2.07 bits per heavy atom. The molecule has 2 N–H and O–H groups in total. The Morgan fingerprint density at radius 3 is 2.43 bits per heavy atom. The number of likely N-dealkylation sites (tertiary alicyclic amines) is 1. The summed E-state index contributed by atoms with van der Waals surface area (Å²) in [6.45, 7) is 8.13. The Hall–Kier alpha value is -0.770. The van der Waals surface area contributed by atoms with E-state index in [0.29, 0.717) is 6.54 Å². The van der Waals surface area contributed by atoms with Crippen LogP contribution in [-0.2, 0) is 4.74 Å². The van der Waals surface area contributed by atoms with E-state index in [1.165, 1.54) is 0 Å². The van der Waals surface area contributed by atoms with Crippen molar-refractivity contribution in [1.29, 1.82) is 0 Å². The molecule has 4 nitrogen and oxygen atoms in total. The first-order valence-electron chi connectivity index (χ1n) is 5.02. The largest absolute Gasteiger partial charge is 0.444 e. The first kappa shape index (κ1) is 11.3. The number of nitrogens with two attached hydrogens (primary N) is 1. The van der Waals surface area contributed by atoms with E-state index in [4.69, 9.17) is 10.5 Å². The highest BCUT2D eigenvalue weighted by Gasteiger charge is 2.38. The van der Waals surface area contributed by atoms with Crippen LogP contribution in [0.5, 0.6) is 0 Å². The maximum Gasteiger partial charge on any atom is 0.411 e. The molecular weight excluding hydrogens is 180 g/mol. The molecule has 1 atom stereocenters. The Labute approximate surface area is 85.4 Å². The lowest BCUT2D eigenvalue weighted by Crippen LogP contribution is -2.53. The van der Waals surface area contributed by atoms with Gasteiger partial charge in [-0.3, -0.25) is 4.90 Å². The highest BCUT2D eigenvalue weighted by molar-refractivity contribution is 5.69. The fourth-order valence-electron chi connectivity index (χ4n) is 1.60. The SMILES string of the molecule is CC(C)(C)OC(=O)N1CCCC1(C)N. The van der Waals surface area contributed by atoms with Crippen LogP contribution in [0.4, 0.5) is 4.79 Å². The van der Waals surface area contributed by atoms with E-state index in [-0.39, 0.29) is 6.09 Å². The van der Waals surface area contributed by atoms with Gasteiger partial charge in [-0.15, -0.1) is 0 Å². The standard InChI is InChI=1S/C10H20N2O2/c1-9(2,3)14-8(13)12-7-5-6-10(12,4)11/h5-7,11H2,1-4H3. The summed E-state index contributed by atoms with van der Waals surface area (Å²) in [4.78, 5) is 13.3. The van der Waals surface area contributed by atoms with Crippen molar-refractivity contribution in [3.05, 3.63) is 0 Å². The summed E-state index contributed by atoms with van der Waals surface area (Å²) in [6.07, 6.45) is 1.48. The van der Waals surface area contributed by atoms with Gasteiger partial charge in [-0.1, -0.05) is 0 Å². The van der Waals surface area contributed by atoms with Crippen LogP contribution in [0.2, 0.25) is 0 Å². The van der Waals surface area contributed by atoms with Crippen LogP contribution in [-0.4, -0.2) is 28.8 Å². The molecule has 0 aliphatic carbocycles. The van der Waals surface area contributed by atoms with Gasteiger partial charge < -0.3 is 10.5 Å². The zero-order valence-electron chi connectivity index (χ0n) is 9.46. The number of hydrogen-bond acceptors (Lipinski definition) is 3. The van der Waals surface area contributed by atoms with E-state index in [2.05, 4.69) is 0 Å². The van der Waals surface area contributed by atoms with Gasteiger partial charge in [0.1, 0.15) is 5.60 Å². The molecule has 1 unspecified atom stereocenters. The molecule has 1 saturated heterocycles. The van der Waals surface area contributed by atoms with Crippen molar-refractivity contribution in [3.8, 4) is 0 Å². The van der Waals surface area contributed by atoms with Gasteiger partial charge in [0.15, 0.2) is 0 Å². The molecule has 1 aliphatic rings. The minimum Gasteiger partial charge on any atom is -0.444 e. The van der Waals surface area contributed by atoms with E-state index in [9.17, 15) is 4.79 Å². The van der Waals surface area contributed by atoms with Gasteiger partial charge in [0.05, 0.1) is 5.66 Å². The zero-order chi connectivity index (χ0) is 11.0. The summed E-state index contributed by atoms with van der Waals surface area (Å²) >= 11 is 0. The minimum atomic E-state index is -0.539. The molecule has 0 bridgehead atoms. The molecule has 1 rings (SSSR count). The molecule has 0 aromatic carbocycles. The van der Waals surface area contributed by atoms with Crippen LogP contribution in [0, 0.1) is 0 Å². The Bertz CT molecular complexity index is 231. The predicted molar refractivity (Wildman–Crippen MR) is 54.8 cm³/mol. The number of hydrogen-bond donors (Lipinski definition) is 1. The molecule has 1 amide bonds. The molecule has 0 radical (unpaired) electrons. The van der Waals surface area contributed by atoms with Gasteiger partial charge in [0.25, 0.3) is 0 Å². The van der Waals surface area contributed by atoms with Gasteiger partial charge in [-0.2, -0.15) is 0 Å². The van der Waals surface area contributed by atoms with Crippen molar-refractivity contribution >= 4 is 6.09 Å². The topological polar surface area (TPSA) is 55.6 Å². The molecule has 0 saturated carbocycles. The van der Waals surface area contributed by atoms with Gasteiger partial charge >= 0.3 is 6.09 Å². The van der Waals surface area contributed by atoms with E-state index in [0.717, 1.165) is 12.8 Å². The average Bonchev–Trinajstić information content (AvgIpc) is 2.25. The average molecular weight is 200 g/mol. The highest BCUT2D eigenvalue weighted by Crippen LogP contribution is 2.25. The smallest absolute Gasteiger partial charge is 0.411 e. The summed E-state index contributed by atoms with van der Waals surface area (Å²) in [5.41, 5.74) is 4.98. The fourth-order valence-corrected chi connectivity index (χ4v) is 1.60. The summed E-state index contributed by atoms with van der Waals surface area (Å²) < 4.78 is 5.26. The number of amides is 1. The monoisotopic (exact) mass is 200 g/mol. The third-order valence-electron chi connectivity index (χ3n) is 2.30. The van der Waals surface area contributed by atoms with Crippen molar-refractivity contribution < 1.29 is 9.53 Å². The molecule has 82 valence electrons. The number of ether oxygens (including phenoxy) is 1. The lowest BCUT2D eigenvalue weighted by molar-refractivity contribution is 0.0117. The number of carbonyl (C=O) groups is 1. The third-order valence-corrected chi connectivity index (χ3v) is 2.30. The lowest BCUT2D eigenvalue weighted by Gasteiger charge is -2.33. The van der Waals surface area contributed by atoms with Crippen LogP contribution in [0.25, 0.3) is 0 Å². The molecule has 1 aliphatic heterocycles.